The Morgan fingerprint density at radius 3 is 2.45 bits per heavy atom. The van der Waals surface area contributed by atoms with E-state index in [1.54, 1.807) is 0 Å². The summed E-state index contributed by atoms with van der Waals surface area (Å²) in [5.41, 5.74) is 0.388. The van der Waals surface area contributed by atoms with Gasteiger partial charge in [-0.1, -0.05) is 48.9 Å². The van der Waals surface area contributed by atoms with Crippen molar-refractivity contribution < 1.29 is 23.8 Å². The smallest absolute Gasteiger partial charge is 0.236 e. The van der Waals surface area contributed by atoms with Crippen molar-refractivity contribution in [3.8, 4) is 17.2 Å². The zero-order chi connectivity index (χ0) is 22.3. The van der Waals surface area contributed by atoms with Crippen LogP contribution in [0.15, 0.2) is 48.2 Å². The Morgan fingerprint density at radius 2 is 1.84 bits per heavy atom. The van der Waals surface area contributed by atoms with Crippen LogP contribution in [0.1, 0.15) is 42.2 Å². The van der Waals surface area contributed by atoms with Crippen LogP contribution in [-0.2, 0) is 4.79 Å². The molecular weight excluding hydrogens is 418 g/mol. The number of fused-ring (bicyclic) bond motifs is 1. The largest absolute Gasteiger partial charge is 0.496 e. The van der Waals surface area contributed by atoms with Gasteiger partial charge in [-0.15, -0.1) is 0 Å². The first-order chi connectivity index (χ1) is 14.8. The maximum atomic E-state index is 13.5. The van der Waals surface area contributed by atoms with Crippen LogP contribution in [0.4, 0.5) is 0 Å². The van der Waals surface area contributed by atoms with E-state index < -0.39 is 23.1 Å². The topological polar surface area (TPSA) is 73.9 Å². The Kier molecular flexibility index (Phi) is 5.43. The minimum atomic E-state index is -1.66. The van der Waals surface area contributed by atoms with Crippen molar-refractivity contribution in [2.75, 3.05) is 14.2 Å². The molecule has 0 saturated heterocycles. The number of Topliss-reactive ketones (excluding diaryl/α,β-unsaturated/α-hetero) is 1. The monoisotopic (exact) mass is 441 g/mol. The van der Waals surface area contributed by atoms with Gasteiger partial charge in [0.05, 0.1) is 14.2 Å². The lowest BCUT2D eigenvalue weighted by molar-refractivity contribution is -0.129. The van der Waals surface area contributed by atoms with Gasteiger partial charge in [0.25, 0.3) is 0 Å². The van der Waals surface area contributed by atoms with E-state index in [0.29, 0.717) is 12.2 Å². The first-order valence-electron chi connectivity index (χ1n) is 10.1. The van der Waals surface area contributed by atoms with Crippen molar-refractivity contribution in [2.24, 2.45) is 5.92 Å². The first kappa shape index (κ1) is 21.2. The molecule has 6 nitrogen and oxygen atoms in total. The number of benzene rings is 2. The van der Waals surface area contributed by atoms with E-state index in [1.165, 1.54) is 26.4 Å². The quantitative estimate of drug-likeness (QED) is 0.688. The van der Waals surface area contributed by atoms with Crippen LogP contribution in [0.25, 0.3) is 0 Å². The minimum absolute atomic E-state index is 0.0118. The van der Waals surface area contributed by atoms with Gasteiger partial charge >= 0.3 is 0 Å². The molecule has 0 saturated carbocycles. The molecule has 4 rings (SSSR count). The van der Waals surface area contributed by atoms with Crippen LogP contribution in [-0.4, -0.2) is 31.4 Å². The van der Waals surface area contributed by atoms with Crippen LogP contribution < -0.4 is 19.5 Å². The molecule has 2 aromatic rings. The molecule has 2 aromatic carbocycles. The number of rotatable bonds is 5. The number of hydrogen-bond donors (Lipinski definition) is 1. The summed E-state index contributed by atoms with van der Waals surface area (Å²) in [5.74, 6) is -0.552. The predicted octanol–water partition coefficient (Wildman–Crippen LogP) is 4.51. The van der Waals surface area contributed by atoms with Crippen molar-refractivity contribution in [3.05, 3.63) is 64.3 Å². The number of carbonyl (C=O) groups excluding carboxylic acids is 2. The Morgan fingerprint density at radius 1 is 1.16 bits per heavy atom. The van der Waals surface area contributed by atoms with Crippen molar-refractivity contribution in [3.63, 3.8) is 0 Å². The molecule has 0 unspecified atom stereocenters. The summed E-state index contributed by atoms with van der Waals surface area (Å²) in [4.78, 5) is 26.8. The third-order valence-electron chi connectivity index (χ3n) is 6.01. The molecule has 1 aliphatic heterocycles. The highest BCUT2D eigenvalue weighted by Gasteiger charge is 2.60. The number of nitrogens with one attached hydrogen (secondary N) is 1. The number of carbonyl (C=O) groups is 2. The fourth-order valence-electron chi connectivity index (χ4n) is 4.33. The van der Waals surface area contributed by atoms with Gasteiger partial charge < -0.3 is 19.5 Å². The molecule has 1 N–H and O–H groups in total. The minimum Gasteiger partial charge on any atom is -0.496 e. The van der Waals surface area contributed by atoms with Gasteiger partial charge in [0.2, 0.25) is 17.2 Å². The summed E-state index contributed by atoms with van der Waals surface area (Å²) in [6.07, 6.45) is 1.94. The summed E-state index contributed by atoms with van der Waals surface area (Å²) in [5, 5.41) is 3.54. The zero-order valence-electron chi connectivity index (χ0n) is 17.8. The van der Waals surface area contributed by atoms with Crippen molar-refractivity contribution in [2.45, 2.75) is 31.9 Å². The number of hydrogen-bond acceptors (Lipinski definition) is 6. The molecular formula is C24H24ClNO5. The molecule has 162 valence electrons. The molecule has 1 spiro atoms. The van der Waals surface area contributed by atoms with Gasteiger partial charge in [0, 0.05) is 29.8 Å². The molecule has 7 heteroatoms. The molecule has 1 heterocycles. The lowest BCUT2D eigenvalue weighted by atomic mass is 9.74. The predicted molar refractivity (Wildman–Crippen MR) is 117 cm³/mol. The van der Waals surface area contributed by atoms with Gasteiger partial charge in [-0.2, -0.15) is 0 Å². The summed E-state index contributed by atoms with van der Waals surface area (Å²) < 4.78 is 16.7. The summed E-state index contributed by atoms with van der Waals surface area (Å²) >= 11 is 6.41. The summed E-state index contributed by atoms with van der Waals surface area (Å²) in [7, 11) is 2.91. The molecule has 2 aliphatic rings. The van der Waals surface area contributed by atoms with Crippen LogP contribution in [0, 0.1) is 5.92 Å². The molecule has 1 aliphatic carbocycles. The molecule has 0 bridgehead atoms. The van der Waals surface area contributed by atoms with Crippen LogP contribution in [0.3, 0.4) is 0 Å². The third kappa shape index (κ3) is 3.26. The summed E-state index contributed by atoms with van der Waals surface area (Å²) in [6, 6.07) is 11.5. The molecule has 31 heavy (non-hydrogen) atoms. The average Bonchev–Trinajstić information content (AvgIpc) is 3.08. The standard InChI is InChI=1S/C24H24ClNO5/c1-13-10-16(26-14(2)15-8-6-5-7-9-15)11-19(27)24(13)23(28)20-17(29-3)12-18(30-4)21(25)22(20)31-24/h5-9,11-14,26H,10H2,1-4H3/t13-,14+,24+/m1/s1. The fraction of sp³-hybridized carbons (Fsp3) is 0.333. The third-order valence-corrected chi connectivity index (χ3v) is 6.37. The van der Waals surface area contributed by atoms with Gasteiger partial charge in [0.1, 0.15) is 22.1 Å². The number of ketones is 2. The fourth-order valence-corrected chi connectivity index (χ4v) is 4.60. The average molecular weight is 442 g/mol. The second kappa shape index (κ2) is 7.93. The van der Waals surface area contributed by atoms with Gasteiger partial charge in [-0.05, 0) is 18.9 Å². The van der Waals surface area contributed by atoms with E-state index in [1.807, 2.05) is 44.2 Å². The first-order valence-corrected chi connectivity index (χ1v) is 10.5. The Labute approximate surface area is 186 Å². The highest BCUT2D eigenvalue weighted by molar-refractivity contribution is 6.36. The van der Waals surface area contributed by atoms with Crippen LogP contribution in [0.2, 0.25) is 5.02 Å². The highest BCUT2D eigenvalue weighted by atomic mass is 35.5. The Hall–Kier alpha value is -2.99. The van der Waals surface area contributed by atoms with Crippen LogP contribution in [0.5, 0.6) is 17.2 Å². The van der Waals surface area contributed by atoms with Crippen molar-refractivity contribution in [1.82, 2.24) is 5.32 Å². The lowest BCUT2D eigenvalue weighted by Gasteiger charge is -2.36. The van der Waals surface area contributed by atoms with E-state index in [9.17, 15) is 9.59 Å². The number of allylic oxidation sites excluding steroid dienone is 1. The van der Waals surface area contributed by atoms with E-state index in [4.69, 9.17) is 25.8 Å². The van der Waals surface area contributed by atoms with E-state index in [0.717, 1.165) is 11.3 Å². The molecule has 3 atom stereocenters. The maximum Gasteiger partial charge on any atom is 0.236 e. The zero-order valence-corrected chi connectivity index (χ0v) is 18.6. The van der Waals surface area contributed by atoms with Crippen LogP contribution >= 0.6 is 11.6 Å². The lowest BCUT2D eigenvalue weighted by Crippen LogP contribution is -2.55. The van der Waals surface area contributed by atoms with Gasteiger partial charge in [-0.3, -0.25) is 9.59 Å². The van der Waals surface area contributed by atoms with Crippen molar-refractivity contribution in [1.29, 1.82) is 0 Å². The summed E-state index contributed by atoms with van der Waals surface area (Å²) in [6.45, 7) is 3.86. The number of methoxy groups -OCH3 is 2. The van der Waals surface area contributed by atoms with Gasteiger partial charge in [0.15, 0.2) is 5.75 Å². The molecule has 0 aromatic heterocycles. The molecule has 0 amide bonds. The Bertz CT molecular complexity index is 1080. The normalized spacial score (nSPS) is 23.1. The maximum absolute atomic E-state index is 13.5. The van der Waals surface area contributed by atoms with E-state index in [2.05, 4.69) is 5.32 Å². The number of ether oxygens (including phenoxy) is 3. The number of halogens is 1. The van der Waals surface area contributed by atoms with Gasteiger partial charge in [-0.25, -0.2) is 0 Å². The van der Waals surface area contributed by atoms with E-state index in [-0.39, 0.29) is 28.1 Å². The molecule has 0 fully saturated rings. The highest BCUT2D eigenvalue weighted by Crippen LogP contribution is 2.52. The van der Waals surface area contributed by atoms with Crippen molar-refractivity contribution >= 4 is 23.2 Å². The second-order valence-electron chi connectivity index (χ2n) is 7.88. The Balaban J connectivity index is 1.68. The second-order valence-corrected chi connectivity index (χ2v) is 8.26. The SMILES string of the molecule is COc1cc(OC)c2c(c1Cl)O[C@@]1(C(=O)C=C(N[C@@H](C)c3ccccc3)C[C@H]1C)C2=O. The molecule has 0 radical (unpaired) electrons. The van der Waals surface area contributed by atoms with E-state index >= 15 is 0 Å².